The first-order chi connectivity index (χ1) is 7.65. The number of aliphatic hydroxyl groups is 1. The van der Waals surface area contributed by atoms with E-state index in [1.54, 1.807) is 17.7 Å². The van der Waals surface area contributed by atoms with Crippen LogP contribution in [-0.2, 0) is 4.74 Å². The first-order valence-electron chi connectivity index (χ1n) is 5.00. The number of carbonyl (C=O) groups is 1. The zero-order valence-corrected chi connectivity index (χ0v) is 9.12. The Morgan fingerprint density at radius 2 is 2.38 bits per heavy atom. The number of aliphatic hydroxyl groups excluding tert-OH is 1. The third-order valence-electron chi connectivity index (χ3n) is 2.39. The topological polar surface area (TPSA) is 67.6 Å². The molecule has 16 heavy (non-hydrogen) atoms. The summed E-state index contributed by atoms with van der Waals surface area (Å²) in [4.78, 5) is 16.7. The summed E-state index contributed by atoms with van der Waals surface area (Å²) >= 11 is 0. The number of hydrogen-bond donors (Lipinski definition) is 1. The Kier molecular flexibility index (Phi) is 2.66. The summed E-state index contributed by atoms with van der Waals surface area (Å²) in [6, 6.07) is 0. The first-order valence-corrected chi connectivity index (χ1v) is 5.00. The van der Waals surface area contributed by atoms with Crippen molar-refractivity contribution in [1.29, 1.82) is 0 Å². The van der Waals surface area contributed by atoms with Crippen LogP contribution >= 0.6 is 0 Å². The Hall–Kier alpha value is -1.82. The summed E-state index contributed by atoms with van der Waals surface area (Å²) in [5.74, 6) is 0.758. The Morgan fingerprint density at radius 1 is 1.62 bits per heavy atom. The first kappa shape index (κ1) is 10.7. The predicted octanol–water partition coefficient (Wildman–Crippen LogP) is 1.08. The molecule has 0 spiro atoms. The minimum Gasteiger partial charge on any atom is -0.449 e. The Morgan fingerprint density at radius 3 is 3.06 bits per heavy atom. The summed E-state index contributed by atoms with van der Waals surface area (Å²) in [6.45, 7) is 3.81. The van der Waals surface area contributed by atoms with Crippen LogP contribution in [0.5, 0.6) is 0 Å². The van der Waals surface area contributed by atoms with E-state index >= 15 is 0 Å². The molecule has 1 aromatic heterocycles. The number of rotatable bonds is 1. The van der Waals surface area contributed by atoms with Crippen LogP contribution in [0, 0.1) is 6.92 Å². The smallest absolute Gasteiger partial charge is 0.416 e. The molecule has 1 aliphatic heterocycles. The van der Waals surface area contributed by atoms with Crippen LogP contribution < -0.4 is 0 Å². The molecule has 1 unspecified atom stereocenters. The average Bonchev–Trinajstić information content (AvgIpc) is 2.62. The van der Waals surface area contributed by atoms with Gasteiger partial charge in [-0.15, -0.1) is 0 Å². The van der Waals surface area contributed by atoms with Gasteiger partial charge in [0, 0.05) is 12.4 Å². The minimum absolute atomic E-state index is 0.272. The number of hydrogen-bond acceptors (Lipinski definition) is 4. The molecule has 0 fully saturated rings. The fourth-order valence-corrected chi connectivity index (χ4v) is 1.58. The number of fused-ring (bicyclic) bond motifs is 1. The van der Waals surface area contributed by atoms with E-state index in [0.29, 0.717) is 5.69 Å². The second-order valence-electron chi connectivity index (χ2n) is 3.38. The van der Waals surface area contributed by atoms with Crippen molar-refractivity contribution in [3.8, 4) is 0 Å². The maximum absolute atomic E-state index is 11.5. The Bertz CT molecular complexity index is 439. The standard InChI is InChI=1S/C10H13N3O3/c1-3-16-10(15)13-5-4-12-7(2)11-6-8(12)9(13)14/h4-6,9,14H,3H2,1-2H3. The number of aryl methyl sites for hydroxylation is 1. The maximum Gasteiger partial charge on any atom is 0.416 e. The molecule has 0 aliphatic carbocycles. The highest BCUT2D eigenvalue weighted by molar-refractivity contribution is 5.70. The van der Waals surface area contributed by atoms with E-state index in [9.17, 15) is 9.90 Å². The van der Waals surface area contributed by atoms with Crippen LogP contribution in [0.25, 0.3) is 6.20 Å². The molecule has 0 bridgehead atoms. The molecule has 0 saturated carbocycles. The zero-order valence-electron chi connectivity index (χ0n) is 9.12. The number of nitrogens with zero attached hydrogens (tertiary/aromatic N) is 3. The molecule has 1 aromatic rings. The molecule has 1 amide bonds. The van der Waals surface area contributed by atoms with Gasteiger partial charge in [0.15, 0.2) is 6.23 Å². The van der Waals surface area contributed by atoms with Gasteiger partial charge in [-0.25, -0.2) is 9.78 Å². The maximum atomic E-state index is 11.5. The average molecular weight is 223 g/mol. The number of ether oxygens (including phenoxy) is 1. The molecule has 6 nitrogen and oxygen atoms in total. The van der Waals surface area contributed by atoms with Gasteiger partial charge in [0.05, 0.1) is 18.5 Å². The lowest BCUT2D eigenvalue weighted by atomic mass is 10.3. The van der Waals surface area contributed by atoms with Gasteiger partial charge in [-0.2, -0.15) is 0 Å². The van der Waals surface area contributed by atoms with E-state index in [-0.39, 0.29) is 6.61 Å². The van der Waals surface area contributed by atoms with Gasteiger partial charge in [-0.05, 0) is 13.8 Å². The third-order valence-corrected chi connectivity index (χ3v) is 2.39. The van der Waals surface area contributed by atoms with E-state index in [1.807, 2.05) is 6.92 Å². The fraction of sp³-hybridized carbons (Fsp3) is 0.400. The van der Waals surface area contributed by atoms with Gasteiger partial charge < -0.3 is 14.4 Å². The molecule has 0 radical (unpaired) electrons. The predicted molar refractivity (Wildman–Crippen MR) is 56.1 cm³/mol. The second-order valence-corrected chi connectivity index (χ2v) is 3.38. The lowest BCUT2D eigenvalue weighted by Gasteiger charge is -2.27. The van der Waals surface area contributed by atoms with Crippen molar-refractivity contribution in [2.45, 2.75) is 20.1 Å². The van der Waals surface area contributed by atoms with Gasteiger partial charge in [0.2, 0.25) is 0 Å². The third kappa shape index (κ3) is 1.57. The SMILES string of the molecule is CCOC(=O)N1C=Cn2c(cnc2C)C1O. The molecule has 6 heteroatoms. The van der Waals surface area contributed by atoms with Crippen LogP contribution in [0.15, 0.2) is 12.4 Å². The summed E-state index contributed by atoms with van der Waals surface area (Å²) in [6.07, 6.45) is 3.06. The quantitative estimate of drug-likeness (QED) is 0.773. The molecule has 1 N–H and O–H groups in total. The lowest BCUT2D eigenvalue weighted by molar-refractivity contribution is 0.0200. The number of aromatic nitrogens is 2. The summed E-state index contributed by atoms with van der Waals surface area (Å²) < 4.78 is 6.54. The summed E-state index contributed by atoms with van der Waals surface area (Å²) in [7, 11) is 0. The van der Waals surface area contributed by atoms with Gasteiger partial charge >= 0.3 is 6.09 Å². The molecular weight excluding hydrogens is 210 g/mol. The van der Waals surface area contributed by atoms with Crippen molar-refractivity contribution < 1.29 is 14.6 Å². The van der Waals surface area contributed by atoms with Crippen molar-refractivity contribution in [2.75, 3.05) is 6.61 Å². The fourth-order valence-electron chi connectivity index (χ4n) is 1.58. The highest BCUT2D eigenvalue weighted by atomic mass is 16.6. The highest BCUT2D eigenvalue weighted by Crippen LogP contribution is 2.24. The van der Waals surface area contributed by atoms with Crippen molar-refractivity contribution in [3.63, 3.8) is 0 Å². The van der Waals surface area contributed by atoms with Gasteiger partial charge in [0.1, 0.15) is 5.82 Å². The van der Waals surface area contributed by atoms with E-state index < -0.39 is 12.3 Å². The molecule has 1 atom stereocenters. The van der Waals surface area contributed by atoms with Crippen LogP contribution in [-0.4, -0.2) is 32.3 Å². The van der Waals surface area contributed by atoms with E-state index in [1.165, 1.54) is 12.4 Å². The molecule has 2 rings (SSSR count). The molecule has 2 heterocycles. The van der Waals surface area contributed by atoms with E-state index in [4.69, 9.17) is 4.74 Å². The van der Waals surface area contributed by atoms with Crippen LogP contribution in [0.1, 0.15) is 24.7 Å². The van der Waals surface area contributed by atoms with Gasteiger partial charge in [0.25, 0.3) is 0 Å². The highest BCUT2D eigenvalue weighted by Gasteiger charge is 2.28. The van der Waals surface area contributed by atoms with Crippen molar-refractivity contribution >= 4 is 12.3 Å². The van der Waals surface area contributed by atoms with Crippen LogP contribution in [0.3, 0.4) is 0 Å². The monoisotopic (exact) mass is 223 g/mol. The van der Waals surface area contributed by atoms with Crippen LogP contribution in [0.4, 0.5) is 4.79 Å². The van der Waals surface area contributed by atoms with Gasteiger partial charge in [-0.1, -0.05) is 0 Å². The summed E-state index contributed by atoms with van der Waals surface area (Å²) in [5.41, 5.74) is 0.549. The molecule has 0 aromatic carbocycles. The van der Waals surface area contributed by atoms with Crippen LogP contribution in [0.2, 0.25) is 0 Å². The normalized spacial score (nSPS) is 18.4. The number of carbonyl (C=O) groups excluding carboxylic acids is 1. The van der Waals surface area contributed by atoms with Crippen molar-refractivity contribution in [1.82, 2.24) is 14.5 Å². The van der Waals surface area contributed by atoms with E-state index in [2.05, 4.69) is 4.98 Å². The summed E-state index contributed by atoms with van der Waals surface area (Å²) in [5, 5.41) is 9.94. The van der Waals surface area contributed by atoms with Crippen molar-refractivity contribution in [3.05, 3.63) is 23.9 Å². The number of amides is 1. The molecule has 86 valence electrons. The Labute approximate surface area is 92.8 Å². The minimum atomic E-state index is -1.05. The molecule has 1 aliphatic rings. The van der Waals surface area contributed by atoms with Crippen molar-refractivity contribution in [2.24, 2.45) is 0 Å². The van der Waals surface area contributed by atoms with Gasteiger partial charge in [-0.3, -0.25) is 4.90 Å². The largest absolute Gasteiger partial charge is 0.449 e. The zero-order chi connectivity index (χ0) is 11.7. The Balaban J connectivity index is 2.27. The second kappa shape index (κ2) is 3.97. The number of imidazole rings is 1. The molecular formula is C10H13N3O3. The lowest BCUT2D eigenvalue weighted by Crippen LogP contribution is -2.34. The van der Waals surface area contributed by atoms with E-state index in [0.717, 1.165) is 10.7 Å². The molecule has 0 saturated heterocycles.